The highest BCUT2D eigenvalue weighted by atomic mass is 16.3. The molecule has 18 heavy (non-hydrogen) atoms. The quantitative estimate of drug-likeness (QED) is 0.581. The molecule has 4 nitrogen and oxygen atoms in total. The van der Waals surface area contributed by atoms with E-state index in [1.54, 1.807) is 0 Å². The first-order valence-electron chi connectivity index (χ1n) is 6.95. The van der Waals surface area contributed by atoms with Crippen LogP contribution in [0.25, 0.3) is 0 Å². The van der Waals surface area contributed by atoms with Crippen LogP contribution in [0.5, 0.6) is 0 Å². The SMILES string of the molecule is CCC(C)(CNC(C)(C)C)CN(CCO)CCO. The molecule has 0 saturated carbocycles. The second-order valence-electron chi connectivity index (χ2n) is 6.49. The Morgan fingerprint density at radius 3 is 1.83 bits per heavy atom. The highest BCUT2D eigenvalue weighted by Gasteiger charge is 2.26. The Morgan fingerprint density at radius 1 is 1.00 bits per heavy atom. The van der Waals surface area contributed by atoms with Crippen LogP contribution in [0.3, 0.4) is 0 Å². The normalized spacial score (nSPS) is 16.0. The summed E-state index contributed by atoms with van der Waals surface area (Å²) in [5.74, 6) is 0. The minimum absolute atomic E-state index is 0.120. The maximum atomic E-state index is 9.05. The second-order valence-corrected chi connectivity index (χ2v) is 6.49. The third kappa shape index (κ3) is 8.03. The van der Waals surface area contributed by atoms with Gasteiger partial charge in [0.1, 0.15) is 0 Å². The van der Waals surface area contributed by atoms with Gasteiger partial charge in [-0.3, -0.25) is 4.90 Å². The Morgan fingerprint density at radius 2 is 1.50 bits per heavy atom. The second kappa shape index (κ2) is 8.10. The lowest BCUT2D eigenvalue weighted by molar-refractivity contribution is 0.105. The summed E-state index contributed by atoms with van der Waals surface area (Å²) in [5.41, 5.74) is 0.285. The summed E-state index contributed by atoms with van der Waals surface area (Å²) in [7, 11) is 0. The smallest absolute Gasteiger partial charge is 0.0558 e. The van der Waals surface area contributed by atoms with E-state index in [0.717, 1.165) is 19.5 Å². The molecule has 0 aliphatic rings. The van der Waals surface area contributed by atoms with Crippen molar-refractivity contribution in [2.24, 2.45) is 5.41 Å². The molecule has 0 aromatic carbocycles. The predicted molar refractivity (Wildman–Crippen MR) is 76.8 cm³/mol. The molecule has 0 aromatic rings. The van der Waals surface area contributed by atoms with Crippen molar-refractivity contribution in [1.29, 1.82) is 0 Å². The molecular weight excluding hydrogens is 228 g/mol. The molecule has 0 aromatic heterocycles. The molecule has 0 bridgehead atoms. The Labute approximate surface area is 112 Å². The lowest BCUT2D eigenvalue weighted by Gasteiger charge is -2.37. The molecular formula is C14H32N2O2. The first kappa shape index (κ1) is 17.8. The van der Waals surface area contributed by atoms with Gasteiger partial charge in [0.15, 0.2) is 0 Å². The van der Waals surface area contributed by atoms with Crippen LogP contribution in [0.1, 0.15) is 41.0 Å². The fraction of sp³-hybridized carbons (Fsp3) is 1.00. The highest BCUT2D eigenvalue weighted by molar-refractivity contribution is 4.83. The molecule has 0 amide bonds. The van der Waals surface area contributed by atoms with Gasteiger partial charge in [-0.25, -0.2) is 0 Å². The molecule has 4 heteroatoms. The van der Waals surface area contributed by atoms with Crippen LogP contribution in [-0.4, -0.2) is 60.0 Å². The summed E-state index contributed by atoms with van der Waals surface area (Å²) in [6.07, 6.45) is 1.07. The molecule has 0 saturated heterocycles. The molecule has 110 valence electrons. The predicted octanol–water partition coefficient (Wildman–Crippen LogP) is 1.08. The van der Waals surface area contributed by atoms with Crippen LogP contribution in [0.15, 0.2) is 0 Å². The molecule has 0 rings (SSSR count). The number of nitrogens with zero attached hydrogens (tertiary/aromatic N) is 1. The zero-order valence-corrected chi connectivity index (χ0v) is 12.8. The van der Waals surface area contributed by atoms with E-state index in [4.69, 9.17) is 10.2 Å². The first-order chi connectivity index (χ1) is 8.26. The molecule has 1 atom stereocenters. The van der Waals surface area contributed by atoms with Gasteiger partial charge in [0.2, 0.25) is 0 Å². The van der Waals surface area contributed by atoms with Gasteiger partial charge in [0, 0.05) is 31.7 Å². The van der Waals surface area contributed by atoms with E-state index in [9.17, 15) is 0 Å². The zero-order chi connectivity index (χ0) is 14.2. The Kier molecular flexibility index (Phi) is 8.03. The van der Waals surface area contributed by atoms with E-state index in [2.05, 4.69) is 44.8 Å². The minimum Gasteiger partial charge on any atom is -0.395 e. The standard InChI is InChI=1S/C14H32N2O2/c1-6-14(5,11-15-13(2,3)4)12-16(7-9-17)8-10-18/h15,17-18H,6-12H2,1-5H3. The van der Waals surface area contributed by atoms with Gasteiger partial charge in [-0.2, -0.15) is 0 Å². The topological polar surface area (TPSA) is 55.7 Å². The lowest BCUT2D eigenvalue weighted by Crippen LogP contribution is -2.48. The van der Waals surface area contributed by atoms with Crippen molar-refractivity contribution in [2.45, 2.75) is 46.6 Å². The molecule has 0 fully saturated rings. The molecule has 3 N–H and O–H groups in total. The van der Waals surface area contributed by atoms with Gasteiger partial charge >= 0.3 is 0 Å². The monoisotopic (exact) mass is 260 g/mol. The van der Waals surface area contributed by atoms with Crippen molar-refractivity contribution in [2.75, 3.05) is 39.4 Å². The molecule has 0 spiro atoms. The molecule has 0 aliphatic carbocycles. The fourth-order valence-electron chi connectivity index (χ4n) is 1.86. The van der Waals surface area contributed by atoms with Crippen molar-refractivity contribution < 1.29 is 10.2 Å². The number of aliphatic hydroxyl groups excluding tert-OH is 2. The number of hydrogen-bond acceptors (Lipinski definition) is 4. The van der Waals surface area contributed by atoms with Gasteiger partial charge in [-0.15, -0.1) is 0 Å². The summed E-state index contributed by atoms with van der Waals surface area (Å²) in [4.78, 5) is 2.13. The van der Waals surface area contributed by atoms with E-state index >= 15 is 0 Å². The molecule has 0 aliphatic heterocycles. The largest absolute Gasteiger partial charge is 0.395 e. The van der Waals surface area contributed by atoms with Crippen molar-refractivity contribution in [1.82, 2.24) is 10.2 Å². The van der Waals surface area contributed by atoms with Gasteiger partial charge < -0.3 is 15.5 Å². The third-order valence-electron chi connectivity index (χ3n) is 3.34. The van der Waals surface area contributed by atoms with Crippen molar-refractivity contribution in [3.8, 4) is 0 Å². The zero-order valence-electron chi connectivity index (χ0n) is 12.8. The maximum absolute atomic E-state index is 9.05. The first-order valence-corrected chi connectivity index (χ1v) is 6.95. The van der Waals surface area contributed by atoms with Gasteiger partial charge in [0.05, 0.1) is 13.2 Å². The van der Waals surface area contributed by atoms with Crippen LogP contribution in [0, 0.1) is 5.41 Å². The van der Waals surface area contributed by atoms with Crippen LogP contribution in [0.4, 0.5) is 0 Å². The van der Waals surface area contributed by atoms with Crippen LogP contribution in [-0.2, 0) is 0 Å². The Balaban J connectivity index is 4.41. The third-order valence-corrected chi connectivity index (χ3v) is 3.34. The average Bonchev–Trinajstić information content (AvgIpc) is 2.26. The molecule has 0 heterocycles. The summed E-state index contributed by atoms with van der Waals surface area (Å²) < 4.78 is 0. The van der Waals surface area contributed by atoms with E-state index in [0.29, 0.717) is 13.1 Å². The lowest BCUT2D eigenvalue weighted by atomic mass is 9.85. The Hall–Kier alpha value is -0.160. The number of aliphatic hydroxyl groups is 2. The van der Waals surface area contributed by atoms with Crippen molar-refractivity contribution in [3.05, 3.63) is 0 Å². The molecule has 0 radical (unpaired) electrons. The minimum atomic E-state index is 0.120. The fourth-order valence-corrected chi connectivity index (χ4v) is 1.86. The summed E-state index contributed by atoms with van der Waals surface area (Å²) in [6.45, 7) is 14.4. The average molecular weight is 260 g/mol. The van der Waals surface area contributed by atoms with Gasteiger partial charge in [-0.05, 0) is 32.6 Å². The number of hydrogen-bond donors (Lipinski definition) is 3. The Bertz CT molecular complexity index is 210. The summed E-state index contributed by atoms with van der Waals surface area (Å²) >= 11 is 0. The van der Waals surface area contributed by atoms with Crippen LogP contribution < -0.4 is 5.32 Å². The van der Waals surface area contributed by atoms with Gasteiger partial charge in [0.25, 0.3) is 0 Å². The van der Waals surface area contributed by atoms with E-state index in [1.807, 2.05) is 0 Å². The van der Waals surface area contributed by atoms with E-state index < -0.39 is 0 Å². The maximum Gasteiger partial charge on any atom is 0.0558 e. The highest BCUT2D eigenvalue weighted by Crippen LogP contribution is 2.22. The number of nitrogens with one attached hydrogen (secondary N) is 1. The van der Waals surface area contributed by atoms with Crippen LogP contribution >= 0.6 is 0 Å². The summed E-state index contributed by atoms with van der Waals surface area (Å²) in [5, 5.41) is 21.7. The summed E-state index contributed by atoms with van der Waals surface area (Å²) in [6, 6.07) is 0. The van der Waals surface area contributed by atoms with Crippen molar-refractivity contribution >= 4 is 0 Å². The number of rotatable bonds is 9. The van der Waals surface area contributed by atoms with Gasteiger partial charge in [-0.1, -0.05) is 13.8 Å². The van der Waals surface area contributed by atoms with Crippen molar-refractivity contribution in [3.63, 3.8) is 0 Å². The van der Waals surface area contributed by atoms with E-state index in [-0.39, 0.29) is 24.2 Å². The molecule has 1 unspecified atom stereocenters. The van der Waals surface area contributed by atoms with Crippen LogP contribution in [0.2, 0.25) is 0 Å². The van der Waals surface area contributed by atoms with E-state index in [1.165, 1.54) is 0 Å².